The molecule has 0 fully saturated rings. The first-order valence-electron chi connectivity index (χ1n) is 10.6. The molecule has 1 aliphatic rings. The van der Waals surface area contributed by atoms with Gasteiger partial charge in [0.2, 0.25) is 26.0 Å². The second kappa shape index (κ2) is 8.20. The van der Waals surface area contributed by atoms with Crippen LogP contribution in [0.5, 0.6) is 5.75 Å². The smallest absolute Gasteiger partial charge is 0.245 e. The number of sulfonamides is 2. The van der Waals surface area contributed by atoms with Crippen molar-refractivity contribution in [3.05, 3.63) is 66.0 Å². The second-order valence-electron chi connectivity index (χ2n) is 8.36. The van der Waals surface area contributed by atoms with E-state index in [1.807, 2.05) is 16.8 Å². The molecule has 1 aliphatic carbocycles. The molecule has 0 amide bonds. The van der Waals surface area contributed by atoms with E-state index in [1.165, 1.54) is 12.1 Å². The van der Waals surface area contributed by atoms with Crippen molar-refractivity contribution in [1.29, 1.82) is 0 Å². The van der Waals surface area contributed by atoms with Gasteiger partial charge in [0, 0.05) is 11.9 Å². The van der Waals surface area contributed by atoms with Crippen molar-refractivity contribution >= 4 is 48.4 Å². The van der Waals surface area contributed by atoms with Crippen LogP contribution in [0.3, 0.4) is 0 Å². The van der Waals surface area contributed by atoms with Gasteiger partial charge in [-0.2, -0.15) is 13.8 Å². The number of nitrogens with one attached hydrogen (secondary N) is 1. The standard InChI is InChI=1S/C22H22N6O5S2/c1-34(30,31)28(35(2,32)33)16-8-6-15(7-9-16)25-22-23-12-14-13-24-27(21(14)26-22)19-11-10-18-17(19)4-3-5-20(18)29/h3-9,12-13,19,29H,10-11H2,1-2H3,(H,23,25,26). The third kappa shape index (κ3) is 4.28. The molecule has 13 heteroatoms. The fraction of sp³-hybridized carbons (Fsp3) is 0.227. The van der Waals surface area contributed by atoms with Crippen LogP contribution in [0.25, 0.3) is 11.0 Å². The zero-order valence-electron chi connectivity index (χ0n) is 18.8. The van der Waals surface area contributed by atoms with E-state index in [0.717, 1.165) is 41.9 Å². The normalized spacial score (nSPS) is 15.8. The molecule has 11 nitrogen and oxygen atoms in total. The molecule has 1 atom stereocenters. The van der Waals surface area contributed by atoms with Gasteiger partial charge < -0.3 is 10.4 Å². The van der Waals surface area contributed by atoms with Gasteiger partial charge in [0.25, 0.3) is 0 Å². The Morgan fingerprint density at radius 2 is 1.74 bits per heavy atom. The van der Waals surface area contributed by atoms with Crippen molar-refractivity contribution in [2.24, 2.45) is 0 Å². The molecule has 4 aromatic rings. The predicted molar refractivity (Wildman–Crippen MR) is 132 cm³/mol. The minimum atomic E-state index is -4.03. The molecule has 0 radical (unpaired) electrons. The number of hydrogen-bond donors (Lipinski definition) is 2. The molecular formula is C22H22N6O5S2. The van der Waals surface area contributed by atoms with Crippen molar-refractivity contribution in [2.45, 2.75) is 18.9 Å². The minimum Gasteiger partial charge on any atom is -0.508 e. The summed E-state index contributed by atoms with van der Waals surface area (Å²) in [4.78, 5) is 8.94. The van der Waals surface area contributed by atoms with Gasteiger partial charge in [-0.05, 0) is 54.3 Å². The predicted octanol–water partition coefficient (Wildman–Crippen LogP) is 2.54. The molecule has 5 rings (SSSR count). The molecule has 1 unspecified atom stereocenters. The van der Waals surface area contributed by atoms with Gasteiger partial charge >= 0.3 is 0 Å². The molecule has 0 spiro atoms. The van der Waals surface area contributed by atoms with E-state index in [1.54, 1.807) is 30.6 Å². The van der Waals surface area contributed by atoms with Crippen LogP contribution in [0.1, 0.15) is 23.6 Å². The lowest BCUT2D eigenvalue weighted by atomic mass is 10.1. The molecule has 0 bridgehead atoms. The lowest BCUT2D eigenvalue weighted by molar-refractivity contribution is 0.469. The topological polar surface area (TPSA) is 147 Å². The summed E-state index contributed by atoms with van der Waals surface area (Å²) in [5.74, 6) is 0.580. The molecule has 35 heavy (non-hydrogen) atoms. The van der Waals surface area contributed by atoms with Crippen LogP contribution in [0.15, 0.2) is 54.9 Å². The summed E-state index contributed by atoms with van der Waals surface area (Å²) < 4.78 is 50.1. The number of fused-ring (bicyclic) bond motifs is 2. The van der Waals surface area contributed by atoms with E-state index in [9.17, 15) is 21.9 Å². The maximum atomic E-state index is 12.0. The summed E-state index contributed by atoms with van der Waals surface area (Å²) in [6.45, 7) is 0. The monoisotopic (exact) mass is 514 g/mol. The summed E-state index contributed by atoms with van der Waals surface area (Å²) in [6.07, 6.45) is 6.53. The molecule has 0 saturated carbocycles. The van der Waals surface area contributed by atoms with E-state index in [4.69, 9.17) is 0 Å². The van der Waals surface area contributed by atoms with Crippen LogP contribution in [-0.2, 0) is 26.5 Å². The van der Waals surface area contributed by atoms with Gasteiger partial charge in [-0.3, -0.25) is 0 Å². The summed E-state index contributed by atoms with van der Waals surface area (Å²) in [5, 5.41) is 18.5. The number of rotatable bonds is 6. The highest BCUT2D eigenvalue weighted by Crippen LogP contribution is 2.39. The first-order chi connectivity index (χ1) is 16.5. The first kappa shape index (κ1) is 23.1. The SMILES string of the molecule is CS(=O)(=O)N(c1ccc(Nc2ncc3cnn(C4CCc5c(O)cccc54)c3n2)cc1)S(C)(=O)=O. The van der Waals surface area contributed by atoms with Crippen molar-refractivity contribution in [3.63, 3.8) is 0 Å². The van der Waals surface area contributed by atoms with Crippen LogP contribution in [0.4, 0.5) is 17.3 Å². The Morgan fingerprint density at radius 3 is 2.43 bits per heavy atom. The van der Waals surface area contributed by atoms with E-state index < -0.39 is 20.0 Å². The van der Waals surface area contributed by atoms with Crippen LogP contribution < -0.4 is 9.03 Å². The van der Waals surface area contributed by atoms with Crippen LogP contribution in [0, 0.1) is 0 Å². The van der Waals surface area contributed by atoms with Crippen molar-refractivity contribution in [3.8, 4) is 5.75 Å². The Hall–Kier alpha value is -3.71. The van der Waals surface area contributed by atoms with Gasteiger partial charge in [-0.1, -0.05) is 12.1 Å². The number of phenols is 1. The number of phenolic OH excluding ortho intramolecular Hbond substituents is 1. The third-order valence-electron chi connectivity index (χ3n) is 5.78. The summed E-state index contributed by atoms with van der Waals surface area (Å²) >= 11 is 0. The first-order valence-corrected chi connectivity index (χ1v) is 14.3. The van der Waals surface area contributed by atoms with E-state index in [0.29, 0.717) is 21.0 Å². The molecule has 0 saturated heterocycles. The molecule has 2 N–H and O–H groups in total. The van der Waals surface area contributed by atoms with E-state index in [2.05, 4.69) is 20.4 Å². The average molecular weight is 515 g/mol. The highest BCUT2D eigenvalue weighted by atomic mass is 32.3. The van der Waals surface area contributed by atoms with E-state index in [-0.39, 0.29) is 17.5 Å². The Balaban J connectivity index is 1.44. The highest BCUT2D eigenvalue weighted by Gasteiger charge is 2.29. The van der Waals surface area contributed by atoms with Crippen LogP contribution >= 0.6 is 0 Å². The van der Waals surface area contributed by atoms with Gasteiger partial charge in [0.15, 0.2) is 5.65 Å². The van der Waals surface area contributed by atoms with Gasteiger partial charge in [0.1, 0.15) is 5.75 Å². The summed E-state index contributed by atoms with van der Waals surface area (Å²) in [7, 11) is -8.05. The number of aromatic nitrogens is 4. The van der Waals surface area contributed by atoms with E-state index >= 15 is 0 Å². The minimum absolute atomic E-state index is 0.00171. The lowest BCUT2D eigenvalue weighted by Crippen LogP contribution is -2.35. The number of anilines is 3. The average Bonchev–Trinajstić information content (AvgIpc) is 3.37. The lowest BCUT2D eigenvalue weighted by Gasteiger charge is -2.20. The zero-order valence-corrected chi connectivity index (χ0v) is 20.5. The van der Waals surface area contributed by atoms with Gasteiger partial charge in [-0.15, -0.1) is 0 Å². The van der Waals surface area contributed by atoms with Crippen LogP contribution in [0.2, 0.25) is 0 Å². The van der Waals surface area contributed by atoms with Crippen molar-refractivity contribution in [2.75, 3.05) is 21.5 Å². The largest absolute Gasteiger partial charge is 0.508 e. The Morgan fingerprint density at radius 1 is 1.03 bits per heavy atom. The molecular weight excluding hydrogens is 492 g/mol. The second-order valence-corrected chi connectivity index (χ2v) is 12.2. The number of benzene rings is 2. The summed E-state index contributed by atoms with van der Waals surface area (Å²) in [6, 6.07) is 11.3. The maximum Gasteiger partial charge on any atom is 0.245 e. The van der Waals surface area contributed by atoms with Crippen molar-refractivity contribution in [1.82, 2.24) is 19.7 Å². The fourth-order valence-electron chi connectivity index (χ4n) is 4.42. The molecule has 2 aromatic carbocycles. The number of aromatic hydroxyl groups is 1. The molecule has 2 aromatic heterocycles. The Labute approximate surface area is 202 Å². The fourth-order valence-corrected chi connectivity index (χ4v) is 7.39. The molecule has 2 heterocycles. The molecule has 0 aliphatic heterocycles. The number of nitrogens with zero attached hydrogens (tertiary/aromatic N) is 5. The zero-order chi connectivity index (χ0) is 25.0. The Kier molecular flexibility index (Phi) is 5.40. The Bertz CT molecular complexity index is 1620. The van der Waals surface area contributed by atoms with Crippen LogP contribution in [-0.4, -0.2) is 54.2 Å². The maximum absolute atomic E-state index is 12.0. The van der Waals surface area contributed by atoms with Crippen molar-refractivity contribution < 1.29 is 21.9 Å². The molecule has 182 valence electrons. The highest BCUT2D eigenvalue weighted by molar-refractivity contribution is 8.09. The number of hydrogen-bond acceptors (Lipinski definition) is 9. The van der Waals surface area contributed by atoms with Gasteiger partial charge in [0.05, 0.1) is 35.8 Å². The summed E-state index contributed by atoms with van der Waals surface area (Å²) in [5.41, 5.74) is 3.10. The third-order valence-corrected chi connectivity index (χ3v) is 9.03. The quantitative estimate of drug-likeness (QED) is 0.396. The van der Waals surface area contributed by atoms with Gasteiger partial charge in [-0.25, -0.2) is 26.5 Å².